The third-order valence-electron chi connectivity index (χ3n) is 4.03. The lowest BCUT2D eigenvalue weighted by molar-refractivity contribution is 0.400. The molecule has 3 rings (SSSR count). The second-order valence-electron chi connectivity index (χ2n) is 5.81. The van der Waals surface area contributed by atoms with Gasteiger partial charge in [-0.1, -0.05) is 47.6 Å². The Bertz CT molecular complexity index is 946. The van der Waals surface area contributed by atoms with Gasteiger partial charge in [-0.15, -0.1) is 0 Å². The van der Waals surface area contributed by atoms with Crippen molar-refractivity contribution in [1.82, 2.24) is 5.16 Å². The summed E-state index contributed by atoms with van der Waals surface area (Å²) in [6, 6.07) is 16.6. The monoisotopic (exact) mass is 356 g/mol. The summed E-state index contributed by atoms with van der Waals surface area (Å²) in [5.41, 5.74) is 8.85. The fraction of sp³-hybridized carbons (Fsp3) is 0.211. The normalized spacial score (nSPS) is 11.6. The zero-order valence-electron chi connectivity index (χ0n) is 14.0. The number of hydrogen-bond donors (Lipinski definition) is 1. The van der Waals surface area contributed by atoms with Gasteiger partial charge >= 0.3 is 0 Å². The molecule has 6 heteroatoms. The van der Waals surface area contributed by atoms with Crippen molar-refractivity contribution in [2.75, 3.05) is 12.3 Å². The second-order valence-corrected chi connectivity index (χ2v) is 7.92. The Balaban J connectivity index is 1.98. The molecule has 25 heavy (non-hydrogen) atoms. The molecule has 2 aromatic carbocycles. The molecule has 0 radical (unpaired) electrons. The van der Waals surface area contributed by atoms with Crippen LogP contribution in [0, 0.1) is 6.92 Å². The van der Waals surface area contributed by atoms with E-state index in [4.69, 9.17) is 10.3 Å². The predicted molar refractivity (Wildman–Crippen MR) is 97.8 cm³/mol. The van der Waals surface area contributed by atoms with E-state index in [-0.39, 0.29) is 5.75 Å². The van der Waals surface area contributed by atoms with Crippen molar-refractivity contribution in [3.05, 3.63) is 60.4 Å². The molecule has 2 N–H and O–H groups in total. The standard InChI is InChI=1S/C19H20N2O3S/c1-14-18(19(21-24-14)16-6-3-2-4-7-16)15-8-10-17(11-9-15)25(22,23)13-5-12-20/h2-4,6-11H,5,12-13,20H2,1H3. The first-order chi connectivity index (χ1) is 12.0. The van der Waals surface area contributed by atoms with E-state index in [2.05, 4.69) is 5.16 Å². The minimum Gasteiger partial charge on any atom is -0.360 e. The second kappa shape index (κ2) is 7.21. The molecule has 0 fully saturated rings. The van der Waals surface area contributed by atoms with E-state index >= 15 is 0 Å². The van der Waals surface area contributed by atoms with Crippen LogP contribution in [0.25, 0.3) is 22.4 Å². The molecule has 0 bridgehead atoms. The number of hydrogen-bond acceptors (Lipinski definition) is 5. The summed E-state index contributed by atoms with van der Waals surface area (Å²) in [5.74, 6) is 0.752. The summed E-state index contributed by atoms with van der Waals surface area (Å²) in [4.78, 5) is 0.306. The summed E-state index contributed by atoms with van der Waals surface area (Å²) >= 11 is 0. The topological polar surface area (TPSA) is 86.2 Å². The van der Waals surface area contributed by atoms with E-state index in [1.807, 2.05) is 37.3 Å². The molecule has 0 saturated carbocycles. The van der Waals surface area contributed by atoms with Crippen LogP contribution in [0.2, 0.25) is 0 Å². The Morgan fingerprint density at radius 3 is 2.32 bits per heavy atom. The zero-order chi connectivity index (χ0) is 17.9. The Labute approximate surface area is 147 Å². The van der Waals surface area contributed by atoms with E-state index in [0.717, 1.165) is 22.4 Å². The van der Waals surface area contributed by atoms with E-state index < -0.39 is 9.84 Å². The Morgan fingerprint density at radius 2 is 1.68 bits per heavy atom. The molecule has 3 aromatic rings. The maximum atomic E-state index is 12.3. The molecule has 1 heterocycles. The molecule has 0 amide bonds. The van der Waals surface area contributed by atoms with Crippen molar-refractivity contribution >= 4 is 9.84 Å². The molecular weight excluding hydrogens is 336 g/mol. The highest BCUT2D eigenvalue weighted by molar-refractivity contribution is 7.91. The highest BCUT2D eigenvalue weighted by Gasteiger charge is 2.18. The first-order valence-corrected chi connectivity index (χ1v) is 9.73. The predicted octanol–water partition coefficient (Wildman–Crippen LogP) is 3.44. The van der Waals surface area contributed by atoms with Crippen molar-refractivity contribution in [1.29, 1.82) is 0 Å². The molecule has 0 unspecified atom stereocenters. The van der Waals surface area contributed by atoms with Crippen LogP contribution in [0.3, 0.4) is 0 Å². The smallest absolute Gasteiger partial charge is 0.178 e. The summed E-state index contributed by atoms with van der Waals surface area (Å²) < 4.78 is 29.9. The summed E-state index contributed by atoms with van der Waals surface area (Å²) in [6.45, 7) is 2.21. The van der Waals surface area contributed by atoms with Crippen molar-refractivity contribution in [3.8, 4) is 22.4 Å². The molecular formula is C19H20N2O3S. The minimum atomic E-state index is -3.30. The van der Waals surface area contributed by atoms with Gasteiger partial charge in [0, 0.05) is 5.56 Å². The van der Waals surface area contributed by atoms with Gasteiger partial charge in [0.05, 0.1) is 16.2 Å². The van der Waals surface area contributed by atoms with E-state index in [9.17, 15) is 8.42 Å². The Morgan fingerprint density at radius 1 is 1.00 bits per heavy atom. The van der Waals surface area contributed by atoms with E-state index in [1.54, 1.807) is 24.3 Å². The van der Waals surface area contributed by atoms with Crippen molar-refractivity contribution in [2.45, 2.75) is 18.2 Å². The van der Waals surface area contributed by atoms with Crippen LogP contribution < -0.4 is 5.73 Å². The fourth-order valence-electron chi connectivity index (χ4n) is 2.73. The Hall–Kier alpha value is -2.44. The van der Waals surface area contributed by atoms with Crippen LogP contribution in [0.1, 0.15) is 12.2 Å². The molecule has 0 spiro atoms. The van der Waals surface area contributed by atoms with Crippen LogP contribution in [0.5, 0.6) is 0 Å². The number of sulfone groups is 1. The summed E-state index contributed by atoms with van der Waals surface area (Å²) in [5, 5.41) is 4.17. The van der Waals surface area contributed by atoms with Gasteiger partial charge in [0.2, 0.25) is 0 Å². The van der Waals surface area contributed by atoms with Gasteiger partial charge in [-0.05, 0) is 37.6 Å². The van der Waals surface area contributed by atoms with Crippen LogP contribution >= 0.6 is 0 Å². The fourth-order valence-corrected chi connectivity index (χ4v) is 4.06. The van der Waals surface area contributed by atoms with Crippen molar-refractivity contribution < 1.29 is 12.9 Å². The molecule has 0 aliphatic heterocycles. The SMILES string of the molecule is Cc1onc(-c2ccccc2)c1-c1ccc(S(=O)(=O)CCCN)cc1. The number of benzene rings is 2. The molecule has 0 aliphatic rings. The molecule has 130 valence electrons. The van der Waals surface area contributed by atoms with Crippen LogP contribution in [0.4, 0.5) is 0 Å². The highest BCUT2D eigenvalue weighted by Crippen LogP contribution is 2.34. The molecule has 5 nitrogen and oxygen atoms in total. The average molecular weight is 356 g/mol. The highest BCUT2D eigenvalue weighted by atomic mass is 32.2. The lowest BCUT2D eigenvalue weighted by Gasteiger charge is -2.06. The molecule has 0 aliphatic carbocycles. The maximum Gasteiger partial charge on any atom is 0.178 e. The van der Waals surface area contributed by atoms with Crippen LogP contribution in [-0.2, 0) is 9.84 Å². The van der Waals surface area contributed by atoms with Gasteiger partial charge in [0.25, 0.3) is 0 Å². The van der Waals surface area contributed by atoms with Gasteiger partial charge in [0.15, 0.2) is 9.84 Å². The van der Waals surface area contributed by atoms with Gasteiger partial charge in [-0.25, -0.2) is 8.42 Å². The Kier molecular flexibility index (Phi) is 5.01. The summed E-state index contributed by atoms with van der Waals surface area (Å²) in [7, 11) is -3.30. The van der Waals surface area contributed by atoms with Gasteiger partial charge < -0.3 is 10.3 Å². The molecule has 1 aromatic heterocycles. The minimum absolute atomic E-state index is 0.0599. The maximum absolute atomic E-state index is 12.3. The lowest BCUT2D eigenvalue weighted by atomic mass is 10.00. The summed E-state index contributed by atoms with van der Waals surface area (Å²) in [6.07, 6.45) is 0.451. The van der Waals surface area contributed by atoms with Crippen LogP contribution in [-0.4, -0.2) is 25.9 Å². The first-order valence-electron chi connectivity index (χ1n) is 8.08. The van der Waals surface area contributed by atoms with Gasteiger partial charge in [0.1, 0.15) is 11.5 Å². The largest absolute Gasteiger partial charge is 0.360 e. The average Bonchev–Trinajstić information content (AvgIpc) is 3.02. The number of nitrogens with zero attached hydrogens (tertiary/aromatic N) is 1. The number of aromatic nitrogens is 1. The number of rotatable bonds is 6. The molecule has 0 atom stereocenters. The van der Waals surface area contributed by atoms with E-state index in [0.29, 0.717) is 23.6 Å². The quantitative estimate of drug-likeness (QED) is 0.731. The van der Waals surface area contributed by atoms with Crippen molar-refractivity contribution in [3.63, 3.8) is 0 Å². The first kappa shape index (κ1) is 17.4. The number of nitrogens with two attached hydrogens (primary N) is 1. The van der Waals surface area contributed by atoms with E-state index in [1.165, 1.54) is 0 Å². The third-order valence-corrected chi connectivity index (χ3v) is 5.85. The molecule has 0 saturated heterocycles. The lowest BCUT2D eigenvalue weighted by Crippen LogP contribution is -2.11. The van der Waals surface area contributed by atoms with Crippen LogP contribution in [0.15, 0.2) is 64.0 Å². The van der Waals surface area contributed by atoms with Gasteiger partial charge in [-0.2, -0.15) is 0 Å². The van der Waals surface area contributed by atoms with Crippen molar-refractivity contribution in [2.24, 2.45) is 5.73 Å². The van der Waals surface area contributed by atoms with Gasteiger partial charge in [-0.3, -0.25) is 0 Å². The third kappa shape index (κ3) is 3.65. The zero-order valence-corrected chi connectivity index (χ0v) is 14.8. The number of aryl methyl sites for hydroxylation is 1.